The Morgan fingerprint density at radius 3 is 3.20 bits per heavy atom. The zero-order valence-corrected chi connectivity index (χ0v) is 12.7. The number of hydrazone groups is 1. The number of halogens is 1. The minimum atomic E-state index is -0.532. The molecule has 0 fully saturated rings. The number of fused-ring (bicyclic) bond motifs is 1. The third kappa shape index (κ3) is 3.84. The minimum absolute atomic E-state index is 0.415. The van der Waals surface area contributed by atoms with Gasteiger partial charge in [0.2, 0.25) is 0 Å². The zero-order valence-electron chi connectivity index (χ0n) is 11.1. The lowest BCUT2D eigenvalue weighted by atomic mass is 10.2. The topological polar surface area (TPSA) is 66.5 Å². The lowest BCUT2D eigenvalue weighted by molar-refractivity contribution is 0.145. The van der Waals surface area contributed by atoms with E-state index in [2.05, 4.69) is 31.4 Å². The van der Waals surface area contributed by atoms with E-state index in [0.717, 1.165) is 33.8 Å². The van der Waals surface area contributed by atoms with Crippen LogP contribution in [0.15, 0.2) is 34.0 Å². The van der Waals surface area contributed by atoms with Gasteiger partial charge >= 0.3 is 6.09 Å². The summed E-state index contributed by atoms with van der Waals surface area (Å²) in [6, 6.07) is 5.93. The van der Waals surface area contributed by atoms with E-state index in [4.69, 9.17) is 4.74 Å². The molecule has 0 aliphatic heterocycles. The maximum atomic E-state index is 11.3. The Balaban J connectivity index is 1.96. The van der Waals surface area contributed by atoms with Gasteiger partial charge in [0.05, 0.1) is 12.8 Å². The monoisotopic (exact) mass is 337 g/mol. The quantitative estimate of drug-likeness (QED) is 0.495. The molecular weight excluding hydrogens is 322 g/mol. The number of amides is 1. The molecule has 1 aromatic carbocycles. The Morgan fingerprint density at radius 1 is 1.55 bits per heavy atom. The molecule has 1 amide bonds. The van der Waals surface area contributed by atoms with Crippen LogP contribution in [0.2, 0.25) is 0 Å². The first-order chi connectivity index (χ1) is 9.70. The third-order valence-electron chi connectivity index (χ3n) is 2.77. The second kappa shape index (κ2) is 7.09. The van der Waals surface area contributed by atoms with E-state index < -0.39 is 6.09 Å². The number of rotatable bonds is 5. The van der Waals surface area contributed by atoms with E-state index in [-0.39, 0.29) is 0 Å². The van der Waals surface area contributed by atoms with Crippen LogP contribution in [0.1, 0.15) is 25.3 Å². The summed E-state index contributed by atoms with van der Waals surface area (Å²) in [5.41, 5.74) is 4.25. The number of H-pyrrole nitrogens is 1. The lowest BCUT2D eigenvalue weighted by Crippen LogP contribution is -2.19. The fraction of sp³-hybridized carbons (Fsp3) is 0.286. The van der Waals surface area contributed by atoms with E-state index in [1.807, 2.05) is 31.3 Å². The largest absolute Gasteiger partial charge is 0.448 e. The second-order valence-corrected chi connectivity index (χ2v) is 5.21. The molecule has 2 aromatic rings. The van der Waals surface area contributed by atoms with Gasteiger partial charge in [-0.15, -0.1) is 0 Å². The molecule has 20 heavy (non-hydrogen) atoms. The Labute approximate surface area is 125 Å². The number of carbonyl (C=O) groups is 1. The number of hydrogen-bond donors (Lipinski definition) is 2. The van der Waals surface area contributed by atoms with Crippen molar-refractivity contribution in [2.45, 2.75) is 19.8 Å². The van der Waals surface area contributed by atoms with Crippen molar-refractivity contribution in [2.75, 3.05) is 6.61 Å². The fourth-order valence-corrected chi connectivity index (χ4v) is 2.08. The van der Waals surface area contributed by atoms with Gasteiger partial charge in [0.1, 0.15) is 0 Å². The van der Waals surface area contributed by atoms with Crippen molar-refractivity contribution < 1.29 is 9.53 Å². The Hall–Kier alpha value is -1.82. The first-order valence-electron chi connectivity index (χ1n) is 6.43. The summed E-state index contributed by atoms with van der Waals surface area (Å²) in [4.78, 5) is 14.4. The molecule has 0 radical (unpaired) electrons. The molecule has 1 aromatic heterocycles. The number of hydrogen-bond acceptors (Lipinski definition) is 3. The summed E-state index contributed by atoms with van der Waals surface area (Å²) < 4.78 is 5.92. The molecular formula is C14H16BrN3O2. The standard InChI is InChI=1S/C14H16BrN3O2/c1-2-3-6-20-14(19)18-17-9-10-8-16-13-5-4-11(15)7-12(10)13/h4-5,7-9,16H,2-3,6H2,1H3,(H,18,19). The van der Waals surface area contributed by atoms with Crippen molar-refractivity contribution in [3.8, 4) is 0 Å². The highest BCUT2D eigenvalue weighted by Crippen LogP contribution is 2.21. The van der Waals surface area contributed by atoms with Gasteiger partial charge in [-0.25, -0.2) is 10.2 Å². The van der Waals surface area contributed by atoms with E-state index >= 15 is 0 Å². The molecule has 6 heteroatoms. The SMILES string of the molecule is CCCCOC(=O)NN=Cc1c[nH]c2ccc(Br)cc12. The van der Waals surface area contributed by atoms with Crippen molar-refractivity contribution in [1.29, 1.82) is 0 Å². The van der Waals surface area contributed by atoms with Gasteiger partial charge in [0.25, 0.3) is 0 Å². The van der Waals surface area contributed by atoms with Crippen LogP contribution < -0.4 is 5.43 Å². The van der Waals surface area contributed by atoms with Crippen LogP contribution in [-0.2, 0) is 4.74 Å². The lowest BCUT2D eigenvalue weighted by Gasteiger charge is -2.01. The van der Waals surface area contributed by atoms with Gasteiger partial charge in [-0.1, -0.05) is 29.3 Å². The van der Waals surface area contributed by atoms with Crippen LogP contribution in [0.4, 0.5) is 4.79 Å². The summed E-state index contributed by atoms with van der Waals surface area (Å²) in [6.45, 7) is 2.45. The maximum absolute atomic E-state index is 11.3. The molecule has 0 aliphatic rings. The highest BCUT2D eigenvalue weighted by atomic mass is 79.9. The molecule has 0 unspecified atom stereocenters. The highest BCUT2D eigenvalue weighted by Gasteiger charge is 2.02. The number of nitrogens with one attached hydrogen (secondary N) is 2. The van der Waals surface area contributed by atoms with Crippen molar-refractivity contribution in [3.05, 3.63) is 34.4 Å². The molecule has 0 saturated carbocycles. The molecule has 0 atom stereocenters. The Bertz CT molecular complexity index is 622. The van der Waals surface area contributed by atoms with Crippen molar-refractivity contribution in [1.82, 2.24) is 10.4 Å². The van der Waals surface area contributed by atoms with Gasteiger partial charge < -0.3 is 9.72 Å². The maximum Gasteiger partial charge on any atom is 0.427 e. The molecule has 0 spiro atoms. The minimum Gasteiger partial charge on any atom is -0.448 e. The second-order valence-electron chi connectivity index (χ2n) is 4.29. The van der Waals surface area contributed by atoms with Crippen LogP contribution >= 0.6 is 15.9 Å². The number of benzene rings is 1. The van der Waals surface area contributed by atoms with Gasteiger partial charge in [-0.05, 0) is 24.6 Å². The number of aromatic nitrogens is 1. The van der Waals surface area contributed by atoms with E-state index in [1.54, 1.807) is 6.21 Å². The summed E-state index contributed by atoms with van der Waals surface area (Å²) in [7, 11) is 0. The Kier molecular flexibility index (Phi) is 5.17. The van der Waals surface area contributed by atoms with Crippen LogP contribution in [0.3, 0.4) is 0 Å². The average Bonchev–Trinajstić information content (AvgIpc) is 2.82. The van der Waals surface area contributed by atoms with Crippen LogP contribution in [0.5, 0.6) is 0 Å². The zero-order chi connectivity index (χ0) is 14.4. The van der Waals surface area contributed by atoms with Gasteiger partial charge in [-0.2, -0.15) is 5.10 Å². The van der Waals surface area contributed by atoms with Gasteiger partial charge in [-0.3, -0.25) is 0 Å². The number of ether oxygens (including phenoxy) is 1. The molecule has 0 aliphatic carbocycles. The third-order valence-corrected chi connectivity index (χ3v) is 3.26. The Morgan fingerprint density at radius 2 is 2.40 bits per heavy atom. The van der Waals surface area contributed by atoms with Crippen molar-refractivity contribution in [3.63, 3.8) is 0 Å². The van der Waals surface area contributed by atoms with Gasteiger partial charge in [0, 0.05) is 27.1 Å². The fourth-order valence-electron chi connectivity index (χ4n) is 1.72. The molecule has 5 nitrogen and oxygen atoms in total. The number of unbranched alkanes of at least 4 members (excludes halogenated alkanes) is 1. The highest BCUT2D eigenvalue weighted by molar-refractivity contribution is 9.10. The first kappa shape index (κ1) is 14.6. The van der Waals surface area contributed by atoms with Crippen LogP contribution in [0, 0.1) is 0 Å². The smallest absolute Gasteiger partial charge is 0.427 e. The first-order valence-corrected chi connectivity index (χ1v) is 7.22. The van der Waals surface area contributed by atoms with Crippen LogP contribution in [-0.4, -0.2) is 23.9 Å². The van der Waals surface area contributed by atoms with E-state index in [9.17, 15) is 4.79 Å². The molecule has 0 bridgehead atoms. The predicted molar refractivity (Wildman–Crippen MR) is 83.0 cm³/mol. The number of aromatic amines is 1. The molecule has 0 saturated heterocycles. The number of nitrogens with zero attached hydrogens (tertiary/aromatic N) is 1. The predicted octanol–water partition coefficient (Wildman–Crippen LogP) is 3.79. The van der Waals surface area contributed by atoms with E-state index in [1.165, 1.54) is 0 Å². The van der Waals surface area contributed by atoms with E-state index in [0.29, 0.717) is 6.61 Å². The van der Waals surface area contributed by atoms with Crippen LogP contribution in [0.25, 0.3) is 10.9 Å². The van der Waals surface area contributed by atoms with Crippen molar-refractivity contribution >= 4 is 39.1 Å². The molecule has 2 N–H and O–H groups in total. The summed E-state index contributed by atoms with van der Waals surface area (Å²) in [5.74, 6) is 0. The number of carbonyl (C=O) groups excluding carboxylic acids is 1. The average molecular weight is 338 g/mol. The normalized spacial score (nSPS) is 11.1. The summed E-state index contributed by atoms with van der Waals surface area (Å²) in [6.07, 6.45) is 4.74. The van der Waals surface area contributed by atoms with Crippen molar-refractivity contribution in [2.24, 2.45) is 5.10 Å². The van der Waals surface area contributed by atoms with Gasteiger partial charge in [0.15, 0.2) is 0 Å². The summed E-state index contributed by atoms with van der Waals surface area (Å²) in [5, 5.41) is 4.92. The molecule has 106 valence electrons. The molecule has 2 rings (SSSR count). The molecule has 1 heterocycles. The summed E-state index contributed by atoms with van der Waals surface area (Å²) >= 11 is 3.43.